The van der Waals surface area contributed by atoms with Crippen LogP contribution in [0.15, 0.2) is 0 Å². The molecule has 0 unspecified atom stereocenters. The Hall–Kier alpha value is -0.120. The molecule has 0 fully saturated rings. The highest BCUT2D eigenvalue weighted by Gasteiger charge is 1.84. The van der Waals surface area contributed by atoms with Gasteiger partial charge < -0.3 is 0 Å². The Morgan fingerprint density at radius 3 is 2.62 bits per heavy atom. The molecule has 0 aliphatic heterocycles. The van der Waals surface area contributed by atoms with Gasteiger partial charge in [-0.25, -0.2) is 10.1 Å². The quantitative estimate of drug-likeness (QED) is 0.340. The molecule has 50 valence electrons. The molecule has 8 heavy (non-hydrogen) atoms. The van der Waals surface area contributed by atoms with Crippen LogP contribution in [0.5, 0.6) is 0 Å². The molecule has 0 aromatic carbocycles. The van der Waals surface area contributed by atoms with Gasteiger partial charge in [-0.3, -0.25) is 0 Å². The fourth-order valence-corrected chi connectivity index (χ4v) is 0.448. The van der Waals surface area contributed by atoms with E-state index >= 15 is 0 Å². The molecule has 0 aromatic rings. The summed E-state index contributed by atoms with van der Waals surface area (Å²) in [7, 11) is 0. The summed E-state index contributed by atoms with van der Waals surface area (Å²) >= 11 is 0. The van der Waals surface area contributed by atoms with Gasteiger partial charge in [0.05, 0.1) is 6.61 Å². The van der Waals surface area contributed by atoms with Gasteiger partial charge in [0.25, 0.3) is 0 Å². The lowest BCUT2D eigenvalue weighted by molar-refractivity contribution is -0.490. The second-order valence-electron chi connectivity index (χ2n) is 1.60. The normalized spacial score (nSPS) is 9.75. The van der Waals surface area contributed by atoms with E-state index in [1.165, 1.54) is 0 Å². The van der Waals surface area contributed by atoms with Crippen molar-refractivity contribution in [1.29, 1.82) is 0 Å². The molecular formula is C5H12O3. The first-order valence-corrected chi connectivity index (χ1v) is 2.85. The summed E-state index contributed by atoms with van der Waals surface area (Å²) in [4.78, 5) is 4.19. The molecule has 0 aromatic heterocycles. The van der Waals surface area contributed by atoms with Crippen molar-refractivity contribution in [3.05, 3.63) is 0 Å². The first-order chi connectivity index (χ1) is 3.91. The van der Waals surface area contributed by atoms with Crippen molar-refractivity contribution >= 4 is 0 Å². The van der Waals surface area contributed by atoms with E-state index in [1.807, 2.05) is 0 Å². The third-order valence-electron chi connectivity index (χ3n) is 0.884. The highest BCUT2D eigenvalue weighted by molar-refractivity contribution is 4.32. The third kappa shape index (κ3) is 5.88. The maximum atomic E-state index is 7.64. The van der Waals surface area contributed by atoms with Crippen LogP contribution in [0.25, 0.3) is 0 Å². The molecule has 0 rings (SSSR count). The Morgan fingerprint density at radius 1 is 1.38 bits per heavy atom. The number of unbranched alkanes of at least 4 members (excludes halogenated alkanes) is 2. The SMILES string of the molecule is CCCCCOOO. The van der Waals surface area contributed by atoms with Crippen molar-refractivity contribution in [3.63, 3.8) is 0 Å². The molecule has 0 aliphatic rings. The van der Waals surface area contributed by atoms with Gasteiger partial charge in [-0.05, 0) is 6.42 Å². The van der Waals surface area contributed by atoms with Gasteiger partial charge in [0, 0.05) is 0 Å². The lowest BCUT2D eigenvalue weighted by Gasteiger charge is -1.93. The van der Waals surface area contributed by atoms with Gasteiger partial charge in [-0.15, -0.1) is 0 Å². The van der Waals surface area contributed by atoms with E-state index in [0.717, 1.165) is 19.3 Å². The summed E-state index contributed by atoms with van der Waals surface area (Å²) in [6, 6.07) is 0. The Morgan fingerprint density at radius 2 is 2.12 bits per heavy atom. The molecule has 0 atom stereocenters. The van der Waals surface area contributed by atoms with Gasteiger partial charge in [-0.2, -0.15) is 0 Å². The van der Waals surface area contributed by atoms with Crippen LogP contribution >= 0.6 is 0 Å². The Labute approximate surface area is 49.1 Å². The molecular weight excluding hydrogens is 108 g/mol. The zero-order valence-corrected chi connectivity index (χ0v) is 5.09. The molecule has 0 heterocycles. The summed E-state index contributed by atoms with van der Waals surface area (Å²) in [6.07, 6.45) is 3.20. The Balaban J connectivity index is 2.53. The summed E-state index contributed by atoms with van der Waals surface area (Å²) < 4.78 is 0. The van der Waals surface area contributed by atoms with Crippen LogP contribution in [-0.4, -0.2) is 11.9 Å². The van der Waals surface area contributed by atoms with E-state index < -0.39 is 0 Å². The molecule has 0 bridgehead atoms. The van der Waals surface area contributed by atoms with E-state index in [-0.39, 0.29) is 0 Å². The summed E-state index contributed by atoms with van der Waals surface area (Å²) in [6.45, 7) is 2.57. The summed E-state index contributed by atoms with van der Waals surface area (Å²) in [5, 5.41) is 11.0. The third-order valence-corrected chi connectivity index (χ3v) is 0.884. The summed E-state index contributed by atoms with van der Waals surface area (Å²) in [5.41, 5.74) is 0. The Kier molecular flexibility index (Phi) is 6.78. The van der Waals surface area contributed by atoms with Crippen molar-refractivity contribution in [2.24, 2.45) is 0 Å². The van der Waals surface area contributed by atoms with Crippen LogP contribution in [0.3, 0.4) is 0 Å². The largest absolute Gasteiger partial charge is 0.221 e. The minimum atomic E-state index is 0.477. The summed E-state index contributed by atoms with van der Waals surface area (Å²) in [5.74, 6) is 0. The molecule has 0 saturated heterocycles. The second-order valence-corrected chi connectivity index (χ2v) is 1.60. The molecule has 1 N–H and O–H groups in total. The lowest BCUT2D eigenvalue weighted by atomic mass is 10.3. The van der Waals surface area contributed by atoms with Gasteiger partial charge in [-0.1, -0.05) is 24.8 Å². The van der Waals surface area contributed by atoms with Crippen molar-refractivity contribution < 1.29 is 15.2 Å². The highest BCUT2D eigenvalue weighted by Crippen LogP contribution is 1.92. The molecule has 3 nitrogen and oxygen atoms in total. The maximum Gasteiger partial charge on any atom is 0.0853 e. The van der Waals surface area contributed by atoms with Crippen LogP contribution in [0.2, 0.25) is 0 Å². The van der Waals surface area contributed by atoms with Gasteiger partial charge in [0.2, 0.25) is 0 Å². The number of rotatable bonds is 5. The fourth-order valence-electron chi connectivity index (χ4n) is 0.448. The van der Waals surface area contributed by atoms with E-state index in [2.05, 4.69) is 16.8 Å². The van der Waals surface area contributed by atoms with Crippen LogP contribution < -0.4 is 0 Å². The predicted octanol–water partition coefficient (Wildman–Crippen LogP) is 1.60. The van der Waals surface area contributed by atoms with Crippen molar-refractivity contribution in [3.8, 4) is 0 Å². The van der Waals surface area contributed by atoms with E-state index in [4.69, 9.17) is 5.26 Å². The maximum absolute atomic E-state index is 7.64. The molecule has 0 saturated carbocycles. The monoisotopic (exact) mass is 120 g/mol. The first kappa shape index (κ1) is 7.88. The smallest absolute Gasteiger partial charge is 0.0853 e. The zero-order chi connectivity index (χ0) is 6.24. The van der Waals surface area contributed by atoms with Crippen LogP contribution in [0.4, 0.5) is 0 Å². The van der Waals surface area contributed by atoms with Gasteiger partial charge in [0.1, 0.15) is 0 Å². The van der Waals surface area contributed by atoms with E-state index in [1.54, 1.807) is 0 Å². The fraction of sp³-hybridized carbons (Fsp3) is 1.00. The molecule has 0 spiro atoms. The topological polar surface area (TPSA) is 38.7 Å². The molecule has 3 heteroatoms. The van der Waals surface area contributed by atoms with E-state index in [0.29, 0.717) is 6.61 Å². The number of hydrogen-bond acceptors (Lipinski definition) is 3. The molecule has 0 amide bonds. The van der Waals surface area contributed by atoms with Crippen LogP contribution in [0, 0.1) is 0 Å². The van der Waals surface area contributed by atoms with E-state index in [9.17, 15) is 0 Å². The van der Waals surface area contributed by atoms with Crippen molar-refractivity contribution in [2.75, 3.05) is 6.61 Å². The standard InChI is InChI=1S/C5H12O3/c1-2-3-4-5-7-8-6/h6H,2-5H2,1H3. The zero-order valence-electron chi connectivity index (χ0n) is 5.09. The average molecular weight is 120 g/mol. The first-order valence-electron chi connectivity index (χ1n) is 2.85. The highest BCUT2D eigenvalue weighted by atomic mass is 17.5. The second kappa shape index (κ2) is 6.88. The number of hydrogen-bond donors (Lipinski definition) is 1. The van der Waals surface area contributed by atoms with Crippen LogP contribution in [0.1, 0.15) is 26.2 Å². The minimum Gasteiger partial charge on any atom is -0.221 e. The van der Waals surface area contributed by atoms with Gasteiger partial charge in [0.15, 0.2) is 0 Å². The lowest BCUT2D eigenvalue weighted by Crippen LogP contribution is -1.91. The van der Waals surface area contributed by atoms with Gasteiger partial charge >= 0.3 is 0 Å². The average Bonchev–Trinajstić information content (AvgIpc) is 1.81. The predicted molar refractivity (Wildman–Crippen MR) is 29.2 cm³/mol. The minimum absolute atomic E-state index is 0.477. The van der Waals surface area contributed by atoms with Crippen molar-refractivity contribution in [2.45, 2.75) is 26.2 Å². The molecule has 0 radical (unpaired) electrons. The Bertz CT molecular complexity index is 32.7. The molecule has 0 aliphatic carbocycles. The van der Waals surface area contributed by atoms with Crippen LogP contribution in [-0.2, 0) is 9.93 Å². The van der Waals surface area contributed by atoms with Crippen molar-refractivity contribution in [1.82, 2.24) is 0 Å².